The number of carbonyl (C=O) groups is 2. The fourth-order valence-corrected chi connectivity index (χ4v) is 4.83. The van der Waals surface area contributed by atoms with Gasteiger partial charge in [-0.3, -0.25) is 14.5 Å². The molecule has 2 fully saturated rings. The Bertz CT molecular complexity index is 974. The van der Waals surface area contributed by atoms with E-state index < -0.39 is 0 Å². The minimum atomic E-state index is -0.250. The van der Waals surface area contributed by atoms with Crippen molar-refractivity contribution in [2.75, 3.05) is 40.9 Å². The molecule has 0 saturated carbocycles. The van der Waals surface area contributed by atoms with Gasteiger partial charge < -0.3 is 24.0 Å². The fourth-order valence-electron chi connectivity index (χ4n) is 4.83. The first-order valence-electron chi connectivity index (χ1n) is 11.1. The first kappa shape index (κ1) is 24.7. The van der Waals surface area contributed by atoms with Crippen molar-refractivity contribution in [1.82, 2.24) is 19.4 Å². The molecule has 1 amide bonds. The van der Waals surface area contributed by atoms with Gasteiger partial charge in [-0.05, 0) is 37.5 Å². The van der Waals surface area contributed by atoms with Crippen molar-refractivity contribution in [3.8, 4) is 17.1 Å². The topological polar surface area (TPSA) is 97.1 Å². The third-order valence-electron chi connectivity index (χ3n) is 6.30. The highest BCUT2D eigenvalue weighted by atomic mass is 16.5. The number of fused-ring (bicyclic) bond motifs is 1. The SMILES string of the molecule is COc1c(C)cc(C)cc1-c1nccn1[C@@H]1C[C@H]2CO[C@@H](CC(=O)N(C)C)CN2C1.O=CO. The van der Waals surface area contributed by atoms with Crippen LogP contribution in [0.2, 0.25) is 0 Å². The number of benzene rings is 1. The van der Waals surface area contributed by atoms with E-state index in [0.717, 1.165) is 42.2 Å². The summed E-state index contributed by atoms with van der Waals surface area (Å²) in [5.41, 5.74) is 3.35. The molecular formula is C24H34N4O5. The third-order valence-corrected chi connectivity index (χ3v) is 6.30. The molecule has 2 aliphatic rings. The van der Waals surface area contributed by atoms with Crippen LogP contribution in [0.1, 0.15) is 30.0 Å². The molecule has 0 spiro atoms. The first-order valence-corrected chi connectivity index (χ1v) is 11.1. The minimum absolute atomic E-state index is 0.0309. The number of hydrogen-bond donors (Lipinski definition) is 1. The van der Waals surface area contributed by atoms with Gasteiger partial charge in [0, 0.05) is 51.7 Å². The van der Waals surface area contributed by atoms with Gasteiger partial charge >= 0.3 is 0 Å². The number of nitrogens with zero attached hydrogens (tertiary/aromatic N) is 4. The maximum atomic E-state index is 12.1. The van der Waals surface area contributed by atoms with Crippen molar-refractivity contribution in [2.45, 2.75) is 44.9 Å². The van der Waals surface area contributed by atoms with E-state index in [0.29, 0.717) is 25.1 Å². The maximum Gasteiger partial charge on any atom is 0.290 e. The zero-order valence-corrected chi connectivity index (χ0v) is 20.0. The molecule has 0 aliphatic carbocycles. The molecule has 0 unspecified atom stereocenters. The Kier molecular flexibility index (Phi) is 8.10. The summed E-state index contributed by atoms with van der Waals surface area (Å²) in [7, 11) is 5.31. The highest BCUT2D eigenvalue weighted by molar-refractivity contribution is 5.76. The van der Waals surface area contributed by atoms with Gasteiger partial charge in [-0.15, -0.1) is 0 Å². The number of aromatic nitrogens is 2. The van der Waals surface area contributed by atoms with E-state index in [1.165, 1.54) is 5.56 Å². The molecule has 2 saturated heterocycles. The van der Waals surface area contributed by atoms with E-state index in [1.54, 1.807) is 26.1 Å². The van der Waals surface area contributed by atoms with E-state index in [-0.39, 0.29) is 18.5 Å². The molecule has 9 heteroatoms. The largest absolute Gasteiger partial charge is 0.496 e. The lowest BCUT2D eigenvalue weighted by molar-refractivity contribution is -0.134. The second kappa shape index (κ2) is 10.8. The molecule has 1 aromatic carbocycles. The van der Waals surface area contributed by atoms with Gasteiger partial charge in [0.25, 0.3) is 6.47 Å². The lowest BCUT2D eigenvalue weighted by atomic mass is 10.0. The Labute approximate surface area is 194 Å². The molecule has 1 aromatic heterocycles. The first-order chi connectivity index (χ1) is 15.8. The summed E-state index contributed by atoms with van der Waals surface area (Å²) in [6.45, 7) is 6.35. The van der Waals surface area contributed by atoms with Crippen LogP contribution < -0.4 is 4.74 Å². The monoisotopic (exact) mass is 458 g/mol. The number of morpholine rings is 1. The van der Waals surface area contributed by atoms with Crippen LogP contribution in [0.25, 0.3) is 11.4 Å². The molecule has 9 nitrogen and oxygen atoms in total. The number of rotatable bonds is 5. The lowest BCUT2D eigenvalue weighted by Crippen LogP contribution is -2.47. The number of amides is 1. The van der Waals surface area contributed by atoms with E-state index >= 15 is 0 Å². The average Bonchev–Trinajstić information content (AvgIpc) is 3.40. The van der Waals surface area contributed by atoms with Gasteiger partial charge in [-0.25, -0.2) is 4.98 Å². The van der Waals surface area contributed by atoms with Gasteiger partial charge in [-0.2, -0.15) is 0 Å². The number of hydrogen-bond acceptors (Lipinski definition) is 6. The van der Waals surface area contributed by atoms with Crippen molar-refractivity contribution in [1.29, 1.82) is 0 Å². The number of ether oxygens (including phenoxy) is 2. The van der Waals surface area contributed by atoms with Crippen LogP contribution in [0.4, 0.5) is 0 Å². The van der Waals surface area contributed by atoms with Gasteiger partial charge in [0.15, 0.2) is 0 Å². The minimum Gasteiger partial charge on any atom is -0.496 e. The van der Waals surface area contributed by atoms with Gasteiger partial charge in [-0.1, -0.05) is 6.07 Å². The Balaban J connectivity index is 0.000000968. The Hall–Kier alpha value is -2.91. The van der Waals surface area contributed by atoms with Crippen LogP contribution in [0.5, 0.6) is 5.75 Å². The lowest BCUT2D eigenvalue weighted by Gasteiger charge is -2.35. The van der Waals surface area contributed by atoms with Gasteiger partial charge in [0.1, 0.15) is 11.6 Å². The number of imidazole rings is 1. The smallest absolute Gasteiger partial charge is 0.290 e. The summed E-state index contributed by atoms with van der Waals surface area (Å²) in [6, 6.07) is 5.00. The predicted octanol–water partition coefficient (Wildman–Crippen LogP) is 2.37. The maximum absolute atomic E-state index is 12.1. The molecule has 4 rings (SSSR count). The zero-order chi connectivity index (χ0) is 24.1. The Morgan fingerprint density at radius 1 is 1.30 bits per heavy atom. The molecule has 1 N–H and O–H groups in total. The zero-order valence-electron chi connectivity index (χ0n) is 20.0. The van der Waals surface area contributed by atoms with E-state index in [4.69, 9.17) is 24.4 Å². The van der Waals surface area contributed by atoms with Crippen molar-refractivity contribution >= 4 is 12.4 Å². The van der Waals surface area contributed by atoms with Gasteiger partial charge in [0.05, 0.1) is 31.8 Å². The fraction of sp³-hybridized carbons (Fsp3) is 0.542. The summed E-state index contributed by atoms with van der Waals surface area (Å²) in [5.74, 6) is 1.95. The van der Waals surface area contributed by atoms with Crippen LogP contribution in [0, 0.1) is 13.8 Å². The number of carbonyl (C=O) groups excluding carboxylic acids is 1. The van der Waals surface area contributed by atoms with Crippen LogP contribution in [-0.2, 0) is 14.3 Å². The highest BCUT2D eigenvalue weighted by Crippen LogP contribution is 2.38. The average molecular weight is 459 g/mol. The number of aryl methyl sites for hydroxylation is 2. The Morgan fingerprint density at radius 3 is 2.70 bits per heavy atom. The summed E-state index contributed by atoms with van der Waals surface area (Å²) < 4.78 is 14.0. The molecule has 3 atom stereocenters. The van der Waals surface area contributed by atoms with Crippen molar-refractivity contribution in [2.24, 2.45) is 0 Å². The molecule has 180 valence electrons. The highest BCUT2D eigenvalue weighted by Gasteiger charge is 2.39. The normalized spacial score (nSPS) is 22.2. The quantitative estimate of drug-likeness (QED) is 0.687. The molecule has 3 heterocycles. The summed E-state index contributed by atoms with van der Waals surface area (Å²) in [5, 5.41) is 6.89. The van der Waals surface area contributed by atoms with Crippen LogP contribution in [0.3, 0.4) is 0 Å². The Morgan fingerprint density at radius 2 is 2.03 bits per heavy atom. The molecule has 33 heavy (non-hydrogen) atoms. The second-order valence-corrected chi connectivity index (χ2v) is 8.87. The van der Waals surface area contributed by atoms with Crippen molar-refractivity contribution in [3.05, 3.63) is 35.7 Å². The molecule has 0 radical (unpaired) electrons. The van der Waals surface area contributed by atoms with E-state index in [2.05, 4.69) is 41.6 Å². The van der Waals surface area contributed by atoms with Crippen LogP contribution >= 0.6 is 0 Å². The predicted molar refractivity (Wildman–Crippen MR) is 124 cm³/mol. The van der Waals surface area contributed by atoms with Crippen LogP contribution in [-0.4, -0.2) is 89.9 Å². The van der Waals surface area contributed by atoms with Crippen molar-refractivity contribution < 1.29 is 24.2 Å². The summed E-state index contributed by atoms with van der Waals surface area (Å²) >= 11 is 0. The number of carboxylic acid groups (broad SMARTS) is 1. The molecule has 2 aromatic rings. The number of methoxy groups -OCH3 is 1. The second-order valence-electron chi connectivity index (χ2n) is 8.87. The molecule has 0 bridgehead atoms. The standard InChI is InChI=1S/C23H32N4O3.CH2O2/c1-15-8-16(2)22(29-5)20(9-15)23-24-6-7-27(23)17-10-18-14-30-19(13-26(18)12-17)11-21(28)25(3)4;2-1-3/h6-9,17-19H,10-14H2,1-5H3;1H,(H,2,3)/t17-,18+,19+;/m1./s1. The van der Waals surface area contributed by atoms with E-state index in [1.807, 2.05) is 6.20 Å². The third kappa shape index (κ3) is 5.54. The molecule has 2 aliphatic heterocycles. The van der Waals surface area contributed by atoms with Crippen LogP contribution in [0.15, 0.2) is 24.5 Å². The molecular weight excluding hydrogens is 424 g/mol. The van der Waals surface area contributed by atoms with Crippen molar-refractivity contribution in [3.63, 3.8) is 0 Å². The van der Waals surface area contributed by atoms with Gasteiger partial charge in [0.2, 0.25) is 5.91 Å². The van der Waals surface area contributed by atoms with E-state index in [9.17, 15) is 4.79 Å². The summed E-state index contributed by atoms with van der Waals surface area (Å²) in [4.78, 5) is 29.2. The summed E-state index contributed by atoms with van der Waals surface area (Å²) in [6.07, 6.45) is 5.38.